The second-order valence-corrected chi connectivity index (χ2v) is 5.28. The first-order valence-electron chi connectivity index (χ1n) is 5.21. The van der Waals surface area contributed by atoms with Crippen molar-refractivity contribution in [2.24, 2.45) is 5.84 Å². The highest BCUT2D eigenvalue weighted by Crippen LogP contribution is 2.26. The van der Waals surface area contributed by atoms with Gasteiger partial charge in [-0.1, -0.05) is 0 Å². The minimum Gasteiger partial charge on any atom is -0.330 e. The van der Waals surface area contributed by atoms with E-state index in [2.05, 4.69) is 20.1 Å². The highest BCUT2D eigenvalue weighted by molar-refractivity contribution is 7.92. The van der Waals surface area contributed by atoms with Crippen LogP contribution in [0.5, 0.6) is 0 Å². The monoisotopic (exact) mass is 298 g/mol. The molecule has 0 bridgehead atoms. The summed E-state index contributed by atoms with van der Waals surface area (Å²) in [7, 11) is -4.07. The summed E-state index contributed by atoms with van der Waals surface area (Å²) in [5, 5.41) is 10.7. The minimum absolute atomic E-state index is 0.0144. The molecule has 0 atom stereocenters. The van der Waals surface area contributed by atoms with Gasteiger partial charge in [0.1, 0.15) is 4.90 Å². The van der Waals surface area contributed by atoms with E-state index >= 15 is 0 Å². The summed E-state index contributed by atoms with van der Waals surface area (Å²) in [4.78, 5) is 15.9. The number of sulfonamides is 1. The third kappa shape index (κ3) is 2.67. The number of H-pyrrole nitrogens is 1. The standard InChI is InChI=1S/C9H10N6O4S/c10-13-7-2-1-6(15(16)17)5-8(7)20(18,19)14-9-11-3-4-12-9/h1-5,13H,10H2,(H2,11,12,14). The Morgan fingerprint density at radius 1 is 1.40 bits per heavy atom. The summed E-state index contributed by atoms with van der Waals surface area (Å²) in [5.41, 5.74) is 1.83. The predicted molar refractivity (Wildman–Crippen MR) is 70.3 cm³/mol. The Morgan fingerprint density at radius 3 is 2.70 bits per heavy atom. The number of nitrogens with two attached hydrogens (primary N) is 1. The molecule has 0 aliphatic rings. The van der Waals surface area contributed by atoms with Crippen molar-refractivity contribution < 1.29 is 13.3 Å². The first-order valence-corrected chi connectivity index (χ1v) is 6.69. The molecule has 0 saturated carbocycles. The van der Waals surface area contributed by atoms with Crippen LogP contribution in [0, 0.1) is 10.1 Å². The van der Waals surface area contributed by atoms with Crippen molar-refractivity contribution in [1.82, 2.24) is 9.97 Å². The third-order valence-corrected chi connectivity index (χ3v) is 3.73. The number of nitro groups is 1. The molecule has 2 rings (SSSR count). The zero-order valence-electron chi connectivity index (χ0n) is 9.90. The number of nitro benzene ring substituents is 1. The number of non-ortho nitro benzene ring substituents is 1. The van der Waals surface area contributed by atoms with Gasteiger partial charge in [0.05, 0.1) is 10.6 Å². The average Bonchev–Trinajstić information content (AvgIpc) is 2.90. The van der Waals surface area contributed by atoms with Crippen molar-refractivity contribution in [1.29, 1.82) is 0 Å². The number of anilines is 2. The molecular formula is C9H10N6O4S. The van der Waals surface area contributed by atoms with Gasteiger partial charge in [-0.3, -0.25) is 16.0 Å². The fourth-order valence-corrected chi connectivity index (χ4v) is 2.64. The average molecular weight is 298 g/mol. The SMILES string of the molecule is NNc1ccc([N+](=O)[O-])cc1S(=O)(=O)Nc1ncc[nH]1. The van der Waals surface area contributed by atoms with E-state index in [1.165, 1.54) is 18.5 Å². The molecule has 0 unspecified atom stereocenters. The lowest BCUT2D eigenvalue weighted by Gasteiger charge is -2.10. The smallest absolute Gasteiger partial charge is 0.270 e. The van der Waals surface area contributed by atoms with Gasteiger partial charge in [-0.05, 0) is 6.07 Å². The van der Waals surface area contributed by atoms with E-state index < -0.39 is 14.9 Å². The lowest BCUT2D eigenvalue weighted by molar-refractivity contribution is -0.385. The van der Waals surface area contributed by atoms with Gasteiger partial charge in [-0.2, -0.15) is 0 Å². The molecule has 10 nitrogen and oxygen atoms in total. The fraction of sp³-hybridized carbons (Fsp3) is 0. The van der Waals surface area contributed by atoms with Crippen molar-refractivity contribution >= 4 is 27.3 Å². The number of hydrazine groups is 1. The fourth-order valence-electron chi connectivity index (χ4n) is 1.47. The zero-order chi connectivity index (χ0) is 14.8. The predicted octanol–water partition coefficient (Wildman–Crippen LogP) is 0.404. The van der Waals surface area contributed by atoms with Gasteiger partial charge in [-0.25, -0.2) is 18.1 Å². The molecule has 0 radical (unpaired) electrons. The van der Waals surface area contributed by atoms with E-state index in [1.54, 1.807) is 0 Å². The Kier molecular flexibility index (Phi) is 3.54. The van der Waals surface area contributed by atoms with Crippen LogP contribution < -0.4 is 16.0 Å². The number of rotatable bonds is 5. The summed E-state index contributed by atoms with van der Waals surface area (Å²) < 4.78 is 26.5. The topological polar surface area (TPSA) is 156 Å². The largest absolute Gasteiger partial charge is 0.330 e. The maximum Gasteiger partial charge on any atom is 0.270 e. The summed E-state index contributed by atoms with van der Waals surface area (Å²) >= 11 is 0. The quantitative estimate of drug-likeness (QED) is 0.353. The Balaban J connectivity index is 2.48. The van der Waals surface area contributed by atoms with E-state index in [9.17, 15) is 18.5 Å². The van der Waals surface area contributed by atoms with Gasteiger partial charge in [0.25, 0.3) is 15.7 Å². The third-order valence-electron chi connectivity index (χ3n) is 2.35. The molecule has 0 saturated heterocycles. The molecule has 1 heterocycles. The number of nitrogens with zero attached hydrogens (tertiary/aromatic N) is 2. The van der Waals surface area contributed by atoms with Gasteiger partial charge in [-0.15, -0.1) is 0 Å². The van der Waals surface area contributed by atoms with E-state index in [0.29, 0.717) is 0 Å². The maximum atomic E-state index is 12.2. The summed E-state index contributed by atoms with van der Waals surface area (Å²) in [6, 6.07) is 3.25. The van der Waals surface area contributed by atoms with Crippen LogP contribution in [0.3, 0.4) is 0 Å². The van der Waals surface area contributed by atoms with Crippen LogP contribution in [-0.4, -0.2) is 23.3 Å². The molecule has 0 spiro atoms. The molecule has 0 fully saturated rings. The number of nitrogens with one attached hydrogen (secondary N) is 3. The summed E-state index contributed by atoms with van der Waals surface area (Å²) in [6.45, 7) is 0. The summed E-state index contributed by atoms with van der Waals surface area (Å²) in [5.74, 6) is 5.20. The number of nitrogen functional groups attached to an aromatic ring is 1. The normalized spacial score (nSPS) is 11.1. The molecule has 2 aromatic rings. The maximum absolute atomic E-state index is 12.2. The molecule has 1 aromatic carbocycles. The van der Waals surface area contributed by atoms with Crippen LogP contribution >= 0.6 is 0 Å². The van der Waals surface area contributed by atoms with Crippen molar-refractivity contribution in [3.05, 3.63) is 40.7 Å². The van der Waals surface area contributed by atoms with E-state index in [4.69, 9.17) is 5.84 Å². The zero-order valence-corrected chi connectivity index (χ0v) is 10.7. The van der Waals surface area contributed by atoms with Gasteiger partial charge >= 0.3 is 0 Å². The van der Waals surface area contributed by atoms with Crippen molar-refractivity contribution in [2.45, 2.75) is 4.90 Å². The molecule has 5 N–H and O–H groups in total. The van der Waals surface area contributed by atoms with Crippen LogP contribution in [0.15, 0.2) is 35.5 Å². The second kappa shape index (κ2) is 5.14. The molecule has 20 heavy (non-hydrogen) atoms. The van der Waals surface area contributed by atoms with Gasteiger partial charge < -0.3 is 10.4 Å². The lowest BCUT2D eigenvalue weighted by Crippen LogP contribution is -2.18. The molecule has 11 heteroatoms. The molecule has 0 aliphatic carbocycles. The van der Waals surface area contributed by atoms with Crippen LogP contribution in [0.1, 0.15) is 0 Å². The van der Waals surface area contributed by atoms with E-state index in [-0.39, 0.29) is 22.2 Å². The van der Waals surface area contributed by atoms with E-state index in [0.717, 1.165) is 12.1 Å². The number of aromatic amines is 1. The highest BCUT2D eigenvalue weighted by atomic mass is 32.2. The Bertz CT molecular complexity index is 727. The Morgan fingerprint density at radius 2 is 2.15 bits per heavy atom. The number of benzene rings is 1. The van der Waals surface area contributed by atoms with Crippen molar-refractivity contribution in [3.63, 3.8) is 0 Å². The van der Waals surface area contributed by atoms with Crippen LogP contribution in [-0.2, 0) is 10.0 Å². The molecule has 1 aromatic heterocycles. The van der Waals surface area contributed by atoms with Crippen molar-refractivity contribution in [3.8, 4) is 0 Å². The number of aromatic nitrogens is 2. The Hall–Kier alpha value is -2.66. The Labute approximate surface area is 113 Å². The second-order valence-electron chi connectivity index (χ2n) is 3.63. The number of hydrogen-bond acceptors (Lipinski definition) is 7. The number of hydrogen-bond donors (Lipinski definition) is 4. The molecule has 0 aliphatic heterocycles. The van der Waals surface area contributed by atoms with Crippen molar-refractivity contribution in [2.75, 3.05) is 10.1 Å². The summed E-state index contributed by atoms with van der Waals surface area (Å²) in [6.07, 6.45) is 2.78. The van der Waals surface area contributed by atoms with Gasteiger partial charge in [0.2, 0.25) is 5.95 Å². The van der Waals surface area contributed by atoms with Crippen LogP contribution in [0.25, 0.3) is 0 Å². The van der Waals surface area contributed by atoms with E-state index in [1.807, 2.05) is 0 Å². The highest BCUT2D eigenvalue weighted by Gasteiger charge is 2.22. The first kappa shape index (κ1) is 13.8. The molecule has 106 valence electrons. The lowest BCUT2D eigenvalue weighted by atomic mass is 10.3. The van der Waals surface area contributed by atoms with Gasteiger partial charge in [0, 0.05) is 24.5 Å². The minimum atomic E-state index is -4.07. The number of imidazole rings is 1. The van der Waals surface area contributed by atoms with Crippen LogP contribution in [0.4, 0.5) is 17.3 Å². The van der Waals surface area contributed by atoms with Gasteiger partial charge in [0.15, 0.2) is 0 Å². The molecular weight excluding hydrogens is 288 g/mol. The first-order chi connectivity index (χ1) is 9.44. The van der Waals surface area contributed by atoms with Crippen LogP contribution in [0.2, 0.25) is 0 Å². The molecule has 0 amide bonds.